The maximum Gasteiger partial charge on any atom is 0.332 e. The van der Waals surface area contributed by atoms with Crippen molar-refractivity contribution in [1.29, 1.82) is 0 Å². The Bertz CT molecular complexity index is 305. The molecule has 1 fully saturated rings. The molecular formula is C13H24N2O5. The topological polar surface area (TPSA) is 99.9 Å². The molecule has 0 radical (unpaired) electrons. The third kappa shape index (κ3) is 6.31. The van der Waals surface area contributed by atoms with Crippen molar-refractivity contribution in [2.24, 2.45) is 5.73 Å². The van der Waals surface area contributed by atoms with Crippen molar-refractivity contribution < 1.29 is 23.8 Å². The van der Waals surface area contributed by atoms with Crippen LogP contribution in [0.15, 0.2) is 0 Å². The van der Waals surface area contributed by atoms with E-state index in [0.29, 0.717) is 26.2 Å². The van der Waals surface area contributed by atoms with Crippen LogP contribution in [0.3, 0.4) is 0 Å². The molecule has 0 aromatic heterocycles. The maximum atomic E-state index is 11.5. The monoisotopic (exact) mass is 288 g/mol. The highest BCUT2D eigenvalue weighted by Crippen LogP contribution is 2.11. The maximum absolute atomic E-state index is 11.5. The Balaban J connectivity index is 1.99. The summed E-state index contributed by atoms with van der Waals surface area (Å²) in [5, 5.41) is 2.57. The minimum atomic E-state index is -1.26. The smallest absolute Gasteiger partial charge is 0.332 e. The van der Waals surface area contributed by atoms with Crippen LogP contribution in [-0.2, 0) is 23.8 Å². The lowest BCUT2D eigenvalue weighted by molar-refractivity contribution is -0.147. The van der Waals surface area contributed by atoms with E-state index < -0.39 is 17.9 Å². The van der Waals surface area contributed by atoms with Gasteiger partial charge in [0.25, 0.3) is 0 Å². The minimum Gasteiger partial charge on any atom is -0.464 e. The Labute approximate surface area is 119 Å². The summed E-state index contributed by atoms with van der Waals surface area (Å²) in [7, 11) is 0. The number of carbonyl (C=O) groups is 2. The molecule has 116 valence electrons. The van der Waals surface area contributed by atoms with E-state index in [-0.39, 0.29) is 12.7 Å². The second kappa shape index (κ2) is 9.68. The molecule has 0 aromatic carbocycles. The summed E-state index contributed by atoms with van der Waals surface area (Å²) in [6.07, 6.45) is 3.01. The van der Waals surface area contributed by atoms with E-state index in [4.69, 9.17) is 15.2 Å². The van der Waals surface area contributed by atoms with Crippen LogP contribution < -0.4 is 11.1 Å². The number of ether oxygens (including phenoxy) is 3. The van der Waals surface area contributed by atoms with Gasteiger partial charge in [-0.05, 0) is 26.2 Å². The van der Waals surface area contributed by atoms with Crippen molar-refractivity contribution in [1.82, 2.24) is 5.32 Å². The second-order valence-electron chi connectivity index (χ2n) is 4.58. The summed E-state index contributed by atoms with van der Waals surface area (Å²) in [4.78, 5) is 22.7. The van der Waals surface area contributed by atoms with Crippen LogP contribution in [0.4, 0.5) is 0 Å². The second-order valence-corrected chi connectivity index (χ2v) is 4.58. The Hall–Kier alpha value is -1.18. The summed E-state index contributed by atoms with van der Waals surface area (Å²) in [5.41, 5.74) is 5.44. The van der Waals surface area contributed by atoms with Crippen molar-refractivity contribution in [3.63, 3.8) is 0 Å². The van der Waals surface area contributed by atoms with Crippen LogP contribution in [0, 0.1) is 0 Å². The molecule has 3 N–H and O–H groups in total. The predicted octanol–water partition coefficient (Wildman–Crippen LogP) is -0.421. The Kier molecular flexibility index (Phi) is 8.17. The molecule has 2 atom stereocenters. The molecule has 1 aliphatic rings. The van der Waals surface area contributed by atoms with E-state index in [2.05, 4.69) is 10.1 Å². The van der Waals surface area contributed by atoms with Crippen molar-refractivity contribution in [3.8, 4) is 0 Å². The standard InChI is InChI=1S/C13H24N2O5/c1-2-19-13(17)11(14)12(16)15-6-4-7-18-9-10-5-3-8-20-10/h10-11H,2-9,14H2,1H3,(H,15,16). The zero-order valence-electron chi connectivity index (χ0n) is 11.9. The lowest BCUT2D eigenvalue weighted by Gasteiger charge is -2.12. The molecule has 1 rings (SSSR count). The van der Waals surface area contributed by atoms with E-state index in [9.17, 15) is 9.59 Å². The van der Waals surface area contributed by atoms with E-state index in [0.717, 1.165) is 19.4 Å². The molecule has 0 aliphatic carbocycles. The van der Waals surface area contributed by atoms with Gasteiger partial charge in [-0.1, -0.05) is 0 Å². The number of carbonyl (C=O) groups excluding carboxylic acids is 2. The normalized spacial score (nSPS) is 19.6. The van der Waals surface area contributed by atoms with Gasteiger partial charge in [-0.15, -0.1) is 0 Å². The highest BCUT2D eigenvalue weighted by atomic mass is 16.5. The number of rotatable bonds is 9. The van der Waals surface area contributed by atoms with Gasteiger partial charge in [0.15, 0.2) is 6.04 Å². The van der Waals surface area contributed by atoms with E-state index in [1.54, 1.807) is 6.92 Å². The van der Waals surface area contributed by atoms with Gasteiger partial charge >= 0.3 is 5.97 Å². The first-order valence-electron chi connectivity index (χ1n) is 7.04. The van der Waals surface area contributed by atoms with Crippen LogP contribution in [0.25, 0.3) is 0 Å². The molecule has 0 bridgehead atoms. The van der Waals surface area contributed by atoms with Gasteiger partial charge in [0.2, 0.25) is 5.91 Å². The summed E-state index contributed by atoms with van der Waals surface area (Å²) < 4.78 is 15.5. The Morgan fingerprint density at radius 2 is 2.30 bits per heavy atom. The fourth-order valence-corrected chi connectivity index (χ4v) is 1.83. The predicted molar refractivity (Wildman–Crippen MR) is 72.0 cm³/mol. The van der Waals surface area contributed by atoms with Crippen molar-refractivity contribution in [3.05, 3.63) is 0 Å². The van der Waals surface area contributed by atoms with Crippen molar-refractivity contribution in [2.75, 3.05) is 33.0 Å². The molecular weight excluding hydrogens is 264 g/mol. The lowest BCUT2D eigenvalue weighted by Crippen LogP contribution is -2.47. The fourth-order valence-electron chi connectivity index (χ4n) is 1.83. The van der Waals surface area contributed by atoms with Gasteiger partial charge in [0, 0.05) is 19.8 Å². The summed E-state index contributed by atoms with van der Waals surface area (Å²) in [6, 6.07) is -1.26. The summed E-state index contributed by atoms with van der Waals surface area (Å²) >= 11 is 0. The van der Waals surface area contributed by atoms with Gasteiger partial charge in [-0.25, -0.2) is 4.79 Å². The van der Waals surface area contributed by atoms with Crippen LogP contribution in [0.5, 0.6) is 0 Å². The molecule has 1 saturated heterocycles. The number of nitrogens with two attached hydrogens (primary N) is 1. The highest BCUT2D eigenvalue weighted by molar-refractivity contribution is 6.01. The number of esters is 1. The molecule has 0 saturated carbocycles. The van der Waals surface area contributed by atoms with Gasteiger partial charge in [-0.3, -0.25) is 4.79 Å². The minimum absolute atomic E-state index is 0.205. The molecule has 20 heavy (non-hydrogen) atoms. The van der Waals surface area contributed by atoms with Crippen LogP contribution in [0.1, 0.15) is 26.2 Å². The van der Waals surface area contributed by atoms with E-state index in [1.165, 1.54) is 0 Å². The molecule has 1 aliphatic heterocycles. The number of hydrogen-bond acceptors (Lipinski definition) is 6. The SMILES string of the molecule is CCOC(=O)C(N)C(=O)NCCCOCC1CCCO1. The number of amides is 1. The van der Waals surface area contributed by atoms with Crippen LogP contribution in [-0.4, -0.2) is 57.0 Å². The Morgan fingerprint density at radius 1 is 1.50 bits per heavy atom. The van der Waals surface area contributed by atoms with Crippen molar-refractivity contribution >= 4 is 11.9 Å². The summed E-state index contributed by atoms with van der Waals surface area (Å²) in [6.45, 7) is 4.23. The van der Waals surface area contributed by atoms with E-state index >= 15 is 0 Å². The van der Waals surface area contributed by atoms with Gasteiger partial charge in [0.1, 0.15) is 0 Å². The first-order chi connectivity index (χ1) is 9.65. The number of nitrogens with one attached hydrogen (secondary N) is 1. The zero-order valence-corrected chi connectivity index (χ0v) is 11.9. The molecule has 2 unspecified atom stereocenters. The fraction of sp³-hybridized carbons (Fsp3) is 0.846. The van der Waals surface area contributed by atoms with E-state index in [1.807, 2.05) is 0 Å². The third-order valence-electron chi connectivity index (χ3n) is 2.92. The molecule has 7 heteroatoms. The molecule has 1 heterocycles. The first kappa shape index (κ1) is 16.9. The van der Waals surface area contributed by atoms with Gasteiger partial charge in [-0.2, -0.15) is 0 Å². The molecule has 1 amide bonds. The molecule has 0 spiro atoms. The van der Waals surface area contributed by atoms with Gasteiger partial charge in [0.05, 0.1) is 19.3 Å². The summed E-state index contributed by atoms with van der Waals surface area (Å²) in [5.74, 6) is -1.23. The average molecular weight is 288 g/mol. The Morgan fingerprint density at radius 3 is 2.95 bits per heavy atom. The first-order valence-corrected chi connectivity index (χ1v) is 7.04. The average Bonchev–Trinajstić information content (AvgIpc) is 2.95. The highest BCUT2D eigenvalue weighted by Gasteiger charge is 2.22. The van der Waals surface area contributed by atoms with Gasteiger partial charge < -0.3 is 25.3 Å². The largest absolute Gasteiger partial charge is 0.464 e. The quantitative estimate of drug-likeness (QED) is 0.339. The van der Waals surface area contributed by atoms with Crippen LogP contribution in [0.2, 0.25) is 0 Å². The third-order valence-corrected chi connectivity index (χ3v) is 2.92. The molecule has 0 aromatic rings. The lowest BCUT2D eigenvalue weighted by atomic mass is 10.2. The van der Waals surface area contributed by atoms with Crippen molar-refractivity contribution in [2.45, 2.75) is 38.3 Å². The van der Waals surface area contributed by atoms with Crippen LogP contribution >= 0.6 is 0 Å². The zero-order chi connectivity index (χ0) is 14.8. The molecule has 7 nitrogen and oxygen atoms in total. The number of hydrogen-bond donors (Lipinski definition) is 2.